The number of benzene rings is 2. The second-order valence-electron chi connectivity index (χ2n) is 5.79. The van der Waals surface area contributed by atoms with Crippen LogP contribution in [0.4, 0.5) is 11.4 Å². The maximum Gasteiger partial charge on any atom is 0.254 e. The van der Waals surface area contributed by atoms with Gasteiger partial charge in [-0.3, -0.25) is 4.79 Å². The van der Waals surface area contributed by atoms with Crippen LogP contribution in [0.3, 0.4) is 0 Å². The lowest BCUT2D eigenvalue weighted by atomic mass is 10.0. The van der Waals surface area contributed by atoms with Crippen molar-refractivity contribution in [1.29, 1.82) is 0 Å². The topological polar surface area (TPSA) is 102 Å². The Morgan fingerprint density at radius 3 is 2.24 bits per heavy atom. The van der Waals surface area contributed by atoms with Crippen molar-refractivity contribution in [3.63, 3.8) is 0 Å². The number of aliphatic hydroxyl groups is 3. The molecule has 0 heterocycles. The number of hydrogen-bond donors (Lipinski definition) is 5. The Hall–Kier alpha value is -2.12. The average molecular weight is 365 g/mol. The van der Waals surface area contributed by atoms with Crippen molar-refractivity contribution >= 4 is 28.9 Å². The van der Waals surface area contributed by atoms with Crippen molar-refractivity contribution < 1.29 is 20.1 Å². The number of hydrogen-bond acceptors (Lipinski definition) is 5. The van der Waals surface area contributed by atoms with E-state index >= 15 is 0 Å². The number of anilines is 2. The van der Waals surface area contributed by atoms with Gasteiger partial charge in [0.05, 0.1) is 31.1 Å². The number of nitrogens with one attached hydrogen (secondary N) is 2. The van der Waals surface area contributed by atoms with E-state index in [0.717, 1.165) is 11.3 Å². The highest BCUT2D eigenvalue weighted by Gasteiger charge is 2.31. The molecule has 6 nitrogen and oxygen atoms in total. The maximum atomic E-state index is 12.6. The number of para-hydroxylation sites is 1. The van der Waals surface area contributed by atoms with Crippen molar-refractivity contribution in [2.75, 3.05) is 25.1 Å². The predicted octanol–water partition coefficient (Wildman–Crippen LogP) is 1.84. The van der Waals surface area contributed by atoms with Gasteiger partial charge in [0.15, 0.2) is 0 Å². The molecule has 2 aromatic carbocycles. The van der Waals surface area contributed by atoms with E-state index in [9.17, 15) is 20.1 Å². The van der Waals surface area contributed by atoms with E-state index in [1.807, 2.05) is 13.0 Å². The van der Waals surface area contributed by atoms with E-state index in [1.54, 1.807) is 36.4 Å². The molecule has 0 bridgehead atoms. The summed E-state index contributed by atoms with van der Waals surface area (Å²) in [4.78, 5) is 12.6. The second kappa shape index (κ2) is 8.31. The molecule has 0 saturated carbocycles. The molecule has 2 rings (SSSR count). The van der Waals surface area contributed by atoms with Crippen molar-refractivity contribution in [3.8, 4) is 0 Å². The molecule has 0 atom stereocenters. The molecule has 7 heteroatoms. The average Bonchev–Trinajstić information content (AvgIpc) is 2.64. The van der Waals surface area contributed by atoms with Gasteiger partial charge in [0.25, 0.3) is 5.91 Å². The molecule has 1 amide bonds. The molecular formula is C18H21ClN2O4. The third-order valence-corrected chi connectivity index (χ3v) is 4.40. The zero-order valence-electron chi connectivity index (χ0n) is 13.8. The fourth-order valence-electron chi connectivity index (χ4n) is 2.25. The molecule has 25 heavy (non-hydrogen) atoms. The smallest absolute Gasteiger partial charge is 0.254 e. The number of amides is 1. The minimum absolute atomic E-state index is 0.307. The fraction of sp³-hybridized carbons (Fsp3) is 0.278. The Balaban J connectivity index is 2.31. The van der Waals surface area contributed by atoms with Crippen LogP contribution in [0, 0.1) is 6.92 Å². The van der Waals surface area contributed by atoms with Crippen molar-refractivity contribution in [2.45, 2.75) is 12.5 Å². The van der Waals surface area contributed by atoms with Crippen molar-refractivity contribution in [1.82, 2.24) is 5.32 Å². The summed E-state index contributed by atoms with van der Waals surface area (Å²) in [6.07, 6.45) is 0. The van der Waals surface area contributed by atoms with Crippen LogP contribution in [0.15, 0.2) is 42.5 Å². The van der Waals surface area contributed by atoms with E-state index in [2.05, 4.69) is 10.6 Å². The molecule has 0 fully saturated rings. The summed E-state index contributed by atoms with van der Waals surface area (Å²) < 4.78 is 0. The molecule has 0 radical (unpaired) electrons. The van der Waals surface area contributed by atoms with Crippen molar-refractivity contribution in [2.24, 2.45) is 0 Å². The first-order chi connectivity index (χ1) is 12.0. The normalized spacial score (nSPS) is 11.2. The number of rotatable bonds is 7. The highest BCUT2D eigenvalue weighted by atomic mass is 35.5. The van der Waals surface area contributed by atoms with Crippen LogP contribution in [0.5, 0.6) is 0 Å². The maximum absolute atomic E-state index is 12.6. The minimum atomic E-state index is -1.49. The van der Waals surface area contributed by atoms with Gasteiger partial charge in [0.1, 0.15) is 5.54 Å². The van der Waals surface area contributed by atoms with Crippen LogP contribution in [-0.2, 0) is 0 Å². The van der Waals surface area contributed by atoms with Gasteiger partial charge in [-0.15, -0.1) is 0 Å². The molecular weight excluding hydrogens is 344 g/mol. The molecule has 0 aliphatic heterocycles. The van der Waals surface area contributed by atoms with E-state index in [1.165, 1.54) is 0 Å². The summed E-state index contributed by atoms with van der Waals surface area (Å²) in [7, 11) is 0. The first-order valence-electron chi connectivity index (χ1n) is 7.72. The monoisotopic (exact) mass is 364 g/mol. The summed E-state index contributed by atoms with van der Waals surface area (Å²) in [5.74, 6) is -0.528. The molecule has 134 valence electrons. The van der Waals surface area contributed by atoms with E-state index in [4.69, 9.17) is 11.6 Å². The van der Waals surface area contributed by atoms with Gasteiger partial charge >= 0.3 is 0 Å². The third-order valence-electron chi connectivity index (χ3n) is 4.00. The standard InChI is InChI=1S/C18H21ClN2O4/c1-12-14(19)6-4-8-15(12)20-16-7-3-2-5-13(16)17(25)21-18(9-22,10-23)11-24/h2-8,20,22-24H,9-11H2,1H3,(H,21,25). The molecule has 0 aliphatic rings. The van der Waals surface area contributed by atoms with Crippen LogP contribution >= 0.6 is 11.6 Å². The summed E-state index contributed by atoms with van der Waals surface area (Å²) in [6.45, 7) is 0.0971. The largest absolute Gasteiger partial charge is 0.394 e. The Bertz CT molecular complexity index is 739. The van der Waals surface area contributed by atoms with Crippen molar-refractivity contribution in [3.05, 3.63) is 58.6 Å². The minimum Gasteiger partial charge on any atom is -0.394 e. The van der Waals surface area contributed by atoms with Crippen LogP contribution < -0.4 is 10.6 Å². The Kier molecular flexibility index (Phi) is 6.39. The summed E-state index contributed by atoms with van der Waals surface area (Å²) in [5, 5.41) is 34.4. The highest BCUT2D eigenvalue weighted by molar-refractivity contribution is 6.31. The first-order valence-corrected chi connectivity index (χ1v) is 8.10. The fourth-order valence-corrected chi connectivity index (χ4v) is 2.43. The van der Waals surface area contributed by atoms with Gasteiger partial charge in [-0.1, -0.05) is 29.8 Å². The quantitative estimate of drug-likeness (QED) is 0.516. The second-order valence-corrected chi connectivity index (χ2v) is 6.20. The molecule has 0 aromatic heterocycles. The molecule has 5 N–H and O–H groups in total. The molecule has 0 aliphatic carbocycles. The van der Waals surface area contributed by atoms with Gasteiger partial charge in [0.2, 0.25) is 0 Å². The van der Waals surface area contributed by atoms with Crippen LogP contribution in [0.1, 0.15) is 15.9 Å². The van der Waals surface area contributed by atoms with Gasteiger partial charge < -0.3 is 26.0 Å². The molecule has 0 saturated heterocycles. The number of aliphatic hydroxyl groups excluding tert-OH is 3. The lowest BCUT2D eigenvalue weighted by Crippen LogP contribution is -2.57. The predicted molar refractivity (Wildman–Crippen MR) is 97.4 cm³/mol. The van der Waals surface area contributed by atoms with Gasteiger partial charge in [0, 0.05) is 10.7 Å². The number of carbonyl (C=O) groups excluding carboxylic acids is 1. The van der Waals surface area contributed by atoms with E-state index in [0.29, 0.717) is 16.3 Å². The Morgan fingerprint density at radius 1 is 1.00 bits per heavy atom. The molecule has 0 unspecified atom stereocenters. The first kappa shape index (κ1) is 19.2. The molecule has 0 spiro atoms. The summed E-state index contributed by atoms with van der Waals surface area (Å²) in [6, 6.07) is 12.2. The Labute approximate surface area is 151 Å². The van der Waals surface area contributed by atoms with Crippen LogP contribution in [0.2, 0.25) is 5.02 Å². The highest BCUT2D eigenvalue weighted by Crippen LogP contribution is 2.28. The lowest BCUT2D eigenvalue weighted by Gasteiger charge is -2.29. The number of halogens is 1. The van der Waals surface area contributed by atoms with Crippen LogP contribution in [0.25, 0.3) is 0 Å². The summed E-state index contributed by atoms with van der Waals surface area (Å²) >= 11 is 6.12. The molecule has 2 aromatic rings. The van der Waals surface area contributed by atoms with Crippen LogP contribution in [-0.4, -0.2) is 46.6 Å². The van der Waals surface area contributed by atoms with Gasteiger partial charge in [-0.25, -0.2) is 0 Å². The Morgan fingerprint density at radius 2 is 1.60 bits per heavy atom. The number of carbonyl (C=O) groups is 1. The third kappa shape index (κ3) is 4.29. The van der Waals surface area contributed by atoms with Gasteiger partial charge in [-0.2, -0.15) is 0 Å². The zero-order valence-corrected chi connectivity index (χ0v) is 14.5. The lowest BCUT2D eigenvalue weighted by molar-refractivity contribution is 0.0375. The van der Waals surface area contributed by atoms with Gasteiger partial charge in [-0.05, 0) is 36.8 Å². The SMILES string of the molecule is Cc1c(Cl)cccc1Nc1ccccc1C(=O)NC(CO)(CO)CO. The van der Waals surface area contributed by atoms with E-state index in [-0.39, 0.29) is 0 Å². The summed E-state index contributed by atoms with van der Waals surface area (Å²) in [5.41, 5.74) is 0.950. The van der Waals surface area contributed by atoms with E-state index < -0.39 is 31.3 Å². The zero-order chi connectivity index (χ0) is 18.4.